The van der Waals surface area contributed by atoms with Gasteiger partial charge in [-0.15, -0.1) is 0 Å². The van der Waals surface area contributed by atoms with Crippen LogP contribution in [0.5, 0.6) is 0 Å². The molecule has 1 aliphatic rings. The highest BCUT2D eigenvalue weighted by Gasteiger charge is 2.27. The Morgan fingerprint density at radius 1 is 1.06 bits per heavy atom. The minimum Gasteiger partial charge on any atom is -0.289 e. The van der Waals surface area contributed by atoms with Gasteiger partial charge in [0.25, 0.3) is 0 Å². The topological polar surface area (TPSA) is 72.3 Å². The van der Waals surface area contributed by atoms with Gasteiger partial charge in [-0.2, -0.15) is 9.40 Å². The highest BCUT2D eigenvalue weighted by atomic mass is 35.5. The summed E-state index contributed by atoms with van der Waals surface area (Å²) in [5.41, 5.74) is 2.89. The molecule has 0 radical (unpaired) electrons. The molecule has 2 aromatic carbocycles. The van der Waals surface area contributed by atoms with E-state index in [1.54, 1.807) is 22.9 Å². The van der Waals surface area contributed by atoms with E-state index >= 15 is 0 Å². The number of aromatic nitrogens is 2. The molecule has 3 aromatic rings. The lowest BCUT2D eigenvalue weighted by molar-refractivity contribution is 0.104. The second-order valence-corrected chi connectivity index (χ2v) is 10.1. The molecule has 0 bridgehead atoms. The highest BCUT2D eigenvalue weighted by molar-refractivity contribution is 7.89. The first-order valence-electron chi connectivity index (χ1n) is 10.5. The van der Waals surface area contributed by atoms with Gasteiger partial charge in [0.2, 0.25) is 10.0 Å². The number of ketones is 1. The van der Waals surface area contributed by atoms with E-state index in [0.717, 1.165) is 24.1 Å². The fourth-order valence-electron chi connectivity index (χ4n) is 3.74. The third kappa shape index (κ3) is 4.70. The van der Waals surface area contributed by atoms with Crippen LogP contribution in [0.3, 0.4) is 0 Å². The first-order valence-corrected chi connectivity index (χ1v) is 12.3. The fraction of sp³-hybridized carbons (Fsp3) is 0.250. The summed E-state index contributed by atoms with van der Waals surface area (Å²) in [6.07, 6.45) is 4.85. The number of hydrogen-bond donors (Lipinski definition) is 0. The first-order chi connectivity index (χ1) is 15.4. The molecule has 1 aromatic heterocycles. The summed E-state index contributed by atoms with van der Waals surface area (Å²) in [5.74, 6) is -0.235. The lowest BCUT2D eigenvalue weighted by atomic mass is 10.1. The highest BCUT2D eigenvalue weighted by Crippen LogP contribution is 2.24. The number of rotatable bonds is 7. The van der Waals surface area contributed by atoms with Gasteiger partial charge in [0.05, 0.1) is 17.1 Å². The van der Waals surface area contributed by atoms with Gasteiger partial charge >= 0.3 is 0 Å². The molecular formula is C24H24ClN3O3S. The van der Waals surface area contributed by atoms with Crippen LogP contribution in [0.25, 0.3) is 6.08 Å². The molecule has 0 atom stereocenters. The average molecular weight is 470 g/mol. The molecule has 1 saturated heterocycles. The normalized spacial score (nSPS) is 14.9. The quantitative estimate of drug-likeness (QED) is 0.375. The molecule has 4 rings (SSSR count). The molecule has 6 nitrogen and oxygen atoms in total. The van der Waals surface area contributed by atoms with Crippen LogP contribution in [-0.2, 0) is 16.6 Å². The summed E-state index contributed by atoms with van der Waals surface area (Å²) in [6.45, 7) is 3.47. The number of aryl methyl sites for hydroxylation is 1. The standard InChI is InChI=1S/C24H24ClN3O3S/c1-18-22(24(25)28(26-18)17-19-7-3-2-4-8-19)13-14-23(29)20-9-11-21(12-10-20)32(30,31)27-15-5-6-16-27/h2-4,7-14H,5-6,15-17H2,1H3. The Bertz CT molecular complexity index is 1240. The lowest BCUT2D eigenvalue weighted by Crippen LogP contribution is -2.27. The van der Waals surface area contributed by atoms with Gasteiger partial charge in [-0.05, 0) is 61.7 Å². The maximum atomic E-state index is 12.6. The predicted molar refractivity (Wildman–Crippen MR) is 125 cm³/mol. The zero-order valence-electron chi connectivity index (χ0n) is 17.7. The zero-order valence-corrected chi connectivity index (χ0v) is 19.3. The van der Waals surface area contributed by atoms with Crippen LogP contribution < -0.4 is 0 Å². The van der Waals surface area contributed by atoms with E-state index in [1.165, 1.54) is 22.5 Å². The molecule has 32 heavy (non-hydrogen) atoms. The summed E-state index contributed by atoms with van der Waals surface area (Å²) in [5, 5.41) is 4.94. The molecule has 0 saturated carbocycles. The summed E-state index contributed by atoms with van der Waals surface area (Å²) >= 11 is 6.51. The molecule has 1 fully saturated rings. The van der Waals surface area contributed by atoms with E-state index in [-0.39, 0.29) is 10.7 Å². The Kier molecular flexibility index (Phi) is 6.60. The smallest absolute Gasteiger partial charge is 0.243 e. The minimum atomic E-state index is -3.50. The number of halogens is 1. The Hall–Kier alpha value is -2.74. The van der Waals surface area contributed by atoms with Crippen molar-refractivity contribution in [2.24, 2.45) is 0 Å². The van der Waals surface area contributed by atoms with E-state index in [9.17, 15) is 13.2 Å². The molecule has 0 aliphatic carbocycles. The summed E-state index contributed by atoms with van der Waals surface area (Å²) in [6, 6.07) is 15.9. The molecule has 8 heteroatoms. The molecule has 1 aliphatic heterocycles. The van der Waals surface area contributed by atoms with Crippen molar-refractivity contribution in [2.75, 3.05) is 13.1 Å². The second-order valence-electron chi connectivity index (χ2n) is 7.77. The summed E-state index contributed by atoms with van der Waals surface area (Å²) in [4.78, 5) is 12.8. The number of nitrogens with zero attached hydrogens (tertiary/aromatic N) is 3. The van der Waals surface area contributed by atoms with Crippen molar-refractivity contribution in [3.63, 3.8) is 0 Å². The Morgan fingerprint density at radius 2 is 1.72 bits per heavy atom. The number of carbonyl (C=O) groups is 1. The maximum Gasteiger partial charge on any atom is 0.243 e. The van der Waals surface area contributed by atoms with Crippen molar-refractivity contribution < 1.29 is 13.2 Å². The fourth-order valence-corrected chi connectivity index (χ4v) is 5.56. The maximum absolute atomic E-state index is 12.6. The van der Waals surface area contributed by atoms with Gasteiger partial charge in [-0.25, -0.2) is 13.1 Å². The molecule has 2 heterocycles. The van der Waals surface area contributed by atoms with Crippen molar-refractivity contribution in [1.29, 1.82) is 0 Å². The number of benzene rings is 2. The van der Waals surface area contributed by atoms with Crippen LogP contribution in [0.2, 0.25) is 5.15 Å². The Morgan fingerprint density at radius 3 is 2.38 bits per heavy atom. The van der Waals surface area contributed by atoms with Gasteiger partial charge in [-0.1, -0.05) is 41.9 Å². The number of allylic oxidation sites excluding steroid dienone is 1. The van der Waals surface area contributed by atoms with Gasteiger partial charge in [-0.3, -0.25) is 4.79 Å². The van der Waals surface area contributed by atoms with Crippen molar-refractivity contribution in [3.8, 4) is 0 Å². The van der Waals surface area contributed by atoms with Crippen molar-refractivity contribution in [2.45, 2.75) is 31.2 Å². The largest absolute Gasteiger partial charge is 0.289 e. The average Bonchev–Trinajstić information content (AvgIpc) is 3.43. The van der Waals surface area contributed by atoms with E-state index in [2.05, 4.69) is 5.10 Å². The molecule has 0 N–H and O–H groups in total. The molecule has 0 unspecified atom stereocenters. The van der Waals surface area contributed by atoms with E-state index in [0.29, 0.717) is 35.9 Å². The Labute approximate surface area is 193 Å². The molecule has 166 valence electrons. The predicted octanol–water partition coefficient (Wildman–Crippen LogP) is 4.57. The zero-order chi connectivity index (χ0) is 22.7. The SMILES string of the molecule is Cc1nn(Cc2ccccc2)c(Cl)c1C=CC(=O)c1ccc(S(=O)(=O)N2CCCC2)cc1. The number of sulfonamides is 1. The summed E-state index contributed by atoms with van der Waals surface area (Å²) < 4.78 is 28.5. The van der Waals surface area contributed by atoms with Crippen molar-refractivity contribution in [1.82, 2.24) is 14.1 Å². The monoisotopic (exact) mass is 469 g/mol. The van der Waals surface area contributed by atoms with Crippen LogP contribution in [0, 0.1) is 6.92 Å². The molecular weight excluding hydrogens is 446 g/mol. The van der Waals surface area contributed by atoms with Gasteiger partial charge in [0, 0.05) is 24.2 Å². The number of carbonyl (C=O) groups excluding carboxylic acids is 1. The first kappa shape index (κ1) is 22.5. The van der Waals surface area contributed by atoms with Crippen LogP contribution in [0.15, 0.2) is 65.6 Å². The molecule has 0 amide bonds. The van der Waals surface area contributed by atoms with Gasteiger partial charge < -0.3 is 0 Å². The van der Waals surface area contributed by atoms with Crippen LogP contribution >= 0.6 is 11.6 Å². The third-order valence-corrected chi connectivity index (χ3v) is 7.84. The van der Waals surface area contributed by atoms with Gasteiger partial charge in [0.15, 0.2) is 5.78 Å². The minimum absolute atomic E-state index is 0.209. The lowest BCUT2D eigenvalue weighted by Gasteiger charge is -2.15. The third-order valence-electron chi connectivity index (χ3n) is 5.53. The van der Waals surface area contributed by atoms with Crippen molar-refractivity contribution in [3.05, 3.63) is 88.2 Å². The van der Waals surface area contributed by atoms with Crippen LogP contribution in [0.1, 0.15) is 40.0 Å². The van der Waals surface area contributed by atoms with Crippen molar-refractivity contribution >= 4 is 33.5 Å². The van der Waals surface area contributed by atoms with E-state index < -0.39 is 10.0 Å². The van der Waals surface area contributed by atoms with Crippen LogP contribution in [-0.4, -0.2) is 41.4 Å². The van der Waals surface area contributed by atoms with Crippen LogP contribution in [0.4, 0.5) is 0 Å². The van der Waals surface area contributed by atoms with Gasteiger partial charge in [0.1, 0.15) is 5.15 Å². The second kappa shape index (κ2) is 9.40. The molecule has 0 spiro atoms. The van der Waals surface area contributed by atoms with E-state index in [4.69, 9.17) is 11.6 Å². The summed E-state index contributed by atoms with van der Waals surface area (Å²) in [7, 11) is -3.50. The van der Waals surface area contributed by atoms with E-state index in [1.807, 2.05) is 37.3 Å². The number of hydrogen-bond acceptors (Lipinski definition) is 4. The Balaban J connectivity index is 1.49.